The molecule has 0 aliphatic carbocycles. The Labute approximate surface area is 91.9 Å². The van der Waals surface area contributed by atoms with Crippen LogP contribution in [0.1, 0.15) is 25.7 Å². The van der Waals surface area contributed by atoms with Crippen LogP contribution in [-0.2, 0) is 4.79 Å². The lowest BCUT2D eigenvalue weighted by Crippen LogP contribution is -2.47. The third kappa shape index (κ3) is 3.80. The lowest BCUT2D eigenvalue weighted by Gasteiger charge is -2.35. The lowest BCUT2D eigenvalue weighted by atomic mass is 10.0. The maximum Gasteiger partial charge on any atom is 0.222 e. The Hall–Kier alpha value is -0.610. The summed E-state index contributed by atoms with van der Waals surface area (Å²) in [6, 6.07) is 0.356. The van der Waals surface area contributed by atoms with Crippen molar-refractivity contribution in [2.45, 2.75) is 31.7 Å². The van der Waals surface area contributed by atoms with Gasteiger partial charge < -0.3 is 14.9 Å². The van der Waals surface area contributed by atoms with Crippen LogP contribution in [0.4, 0.5) is 0 Å². The molecule has 0 spiro atoms. The van der Waals surface area contributed by atoms with Gasteiger partial charge in [0.25, 0.3) is 0 Å². The average Bonchev–Trinajstić information content (AvgIpc) is 2.24. The molecule has 1 amide bonds. The second kappa shape index (κ2) is 6.08. The highest BCUT2D eigenvalue weighted by atomic mass is 16.3. The molecule has 4 nitrogen and oxygen atoms in total. The van der Waals surface area contributed by atoms with Gasteiger partial charge in [-0.1, -0.05) is 0 Å². The van der Waals surface area contributed by atoms with Crippen molar-refractivity contribution in [1.82, 2.24) is 9.80 Å². The summed E-state index contributed by atoms with van der Waals surface area (Å²) in [4.78, 5) is 15.8. The first-order chi connectivity index (χ1) is 7.15. The van der Waals surface area contributed by atoms with Crippen molar-refractivity contribution < 1.29 is 9.90 Å². The molecule has 88 valence electrons. The van der Waals surface area contributed by atoms with Gasteiger partial charge in [0, 0.05) is 32.7 Å². The minimum atomic E-state index is 0.101. The first-order valence-corrected chi connectivity index (χ1v) is 5.70. The first-order valence-electron chi connectivity index (χ1n) is 5.70. The molecule has 1 heterocycles. The maximum atomic E-state index is 11.7. The molecule has 0 saturated carbocycles. The fourth-order valence-corrected chi connectivity index (χ4v) is 2.07. The largest absolute Gasteiger partial charge is 0.396 e. The van der Waals surface area contributed by atoms with Gasteiger partial charge in [0.15, 0.2) is 0 Å². The van der Waals surface area contributed by atoms with Gasteiger partial charge >= 0.3 is 0 Å². The number of aliphatic hydroxyl groups excluding tert-OH is 1. The Morgan fingerprint density at radius 1 is 1.60 bits per heavy atom. The summed E-state index contributed by atoms with van der Waals surface area (Å²) in [6.07, 6.45) is 3.31. The number of hydrogen-bond acceptors (Lipinski definition) is 3. The van der Waals surface area contributed by atoms with Crippen LogP contribution in [0.25, 0.3) is 0 Å². The van der Waals surface area contributed by atoms with E-state index in [0.29, 0.717) is 18.9 Å². The summed E-state index contributed by atoms with van der Waals surface area (Å²) in [5.74, 6) is 0.157. The third-order valence-electron chi connectivity index (χ3n) is 3.09. The van der Waals surface area contributed by atoms with Gasteiger partial charge in [-0.3, -0.25) is 4.79 Å². The van der Waals surface area contributed by atoms with E-state index in [2.05, 4.69) is 11.9 Å². The van der Waals surface area contributed by atoms with E-state index in [1.54, 1.807) is 0 Å². The van der Waals surface area contributed by atoms with E-state index in [1.807, 2.05) is 11.9 Å². The molecular weight excluding hydrogens is 192 g/mol. The summed E-state index contributed by atoms with van der Waals surface area (Å²) in [6.45, 7) is 2.21. The number of amides is 1. The SMILES string of the molecule is CN1CCCC(N(C)C(=O)CCCO)C1. The topological polar surface area (TPSA) is 43.8 Å². The monoisotopic (exact) mass is 214 g/mol. The van der Waals surface area contributed by atoms with E-state index in [9.17, 15) is 4.79 Å². The highest BCUT2D eigenvalue weighted by molar-refractivity contribution is 5.76. The number of piperidine rings is 1. The molecule has 1 fully saturated rings. The molecule has 1 unspecified atom stereocenters. The minimum absolute atomic E-state index is 0.101. The van der Waals surface area contributed by atoms with E-state index < -0.39 is 0 Å². The van der Waals surface area contributed by atoms with Crippen LogP contribution in [0.3, 0.4) is 0 Å². The van der Waals surface area contributed by atoms with Gasteiger partial charge in [-0.25, -0.2) is 0 Å². The average molecular weight is 214 g/mol. The van der Waals surface area contributed by atoms with Crippen LogP contribution < -0.4 is 0 Å². The van der Waals surface area contributed by atoms with Crippen molar-refractivity contribution in [2.75, 3.05) is 33.8 Å². The first kappa shape index (κ1) is 12.5. The predicted octanol–water partition coefficient (Wildman–Crippen LogP) is 0.311. The number of rotatable bonds is 4. The predicted molar refractivity (Wildman–Crippen MR) is 59.6 cm³/mol. The van der Waals surface area contributed by atoms with E-state index >= 15 is 0 Å². The molecule has 1 saturated heterocycles. The fourth-order valence-electron chi connectivity index (χ4n) is 2.07. The highest BCUT2D eigenvalue weighted by Crippen LogP contribution is 2.14. The Balaban J connectivity index is 2.37. The zero-order valence-electron chi connectivity index (χ0n) is 9.78. The van der Waals surface area contributed by atoms with Crippen LogP contribution in [0.2, 0.25) is 0 Å². The van der Waals surface area contributed by atoms with Gasteiger partial charge in [-0.05, 0) is 32.9 Å². The molecular formula is C11H22N2O2. The summed E-state index contributed by atoms with van der Waals surface area (Å²) in [5, 5.41) is 8.67. The van der Waals surface area contributed by atoms with Gasteiger partial charge in [0.2, 0.25) is 5.91 Å². The van der Waals surface area contributed by atoms with Crippen LogP contribution in [-0.4, -0.2) is 60.6 Å². The van der Waals surface area contributed by atoms with E-state index in [4.69, 9.17) is 5.11 Å². The standard InChI is InChI=1S/C11H22N2O2/c1-12-7-3-5-10(9-12)13(2)11(15)6-4-8-14/h10,14H,3-9H2,1-2H3. The van der Waals surface area contributed by atoms with Gasteiger partial charge in [0.1, 0.15) is 0 Å². The van der Waals surface area contributed by atoms with Crippen molar-refractivity contribution in [3.05, 3.63) is 0 Å². The molecule has 1 N–H and O–H groups in total. The van der Waals surface area contributed by atoms with Crippen LogP contribution in [0, 0.1) is 0 Å². The van der Waals surface area contributed by atoms with E-state index in [0.717, 1.165) is 19.5 Å². The van der Waals surface area contributed by atoms with Crippen molar-refractivity contribution >= 4 is 5.91 Å². The summed E-state index contributed by atoms with van der Waals surface area (Å²) >= 11 is 0. The fraction of sp³-hybridized carbons (Fsp3) is 0.909. The zero-order chi connectivity index (χ0) is 11.3. The third-order valence-corrected chi connectivity index (χ3v) is 3.09. The van der Waals surface area contributed by atoms with Crippen molar-refractivity contribution in [2.24, 2.45) is 0 Å². The molecule has 1 atom stereocenters. The number of likely N-dealkylation sites (tertiary alicyclic amines) is 1. The molecule has 0 bridgehead atoms. The number of aliphatic hydroxyl groups is 1. The molecule has 0 aromatic carbocycles. The van der Waals surface area contributed by atoms with Crippen LogP contribution in [0.15, 0.2) is 0 Å². The van der Waals surface area contributed by atoms with Gasteiger partial charge in [-0.2, -0.15) is 0 Å². The summed E-state index contributed by atoms with van der Waals surface area (Å²) < 4.78 is 0. The molecule has 4 heteroatoms. The quantitative estimate of drug-likeness (QED) is 0.732. The van der Waals surface area contributed by atoms with Crippen LogP contribution in [0.5, 0.6) is 0 Å². The highest BCUT2D eigenvalue weighted by Gasteiger charge is 2.23. The van der Waals surface area contributed by atoms with E-state index in [-0.39, 0.29) is 12.5 Å². The smallest absolute Gasteiger partial charge is 0.222 e. The normalized spacial score (nSPS) is 22.7. The van der Waals surface area contributed by atoms with Crippen molar-refractivity contribution in [3.8, 4) is 0 Å². The molecule has 15 heavy (non-hydrogen) atoms. The van der Waals surface area contributed by atoms with Crippen molar-refractivity contribution in [3.63, 3.8) is 0 Å². The second-order valence-electron chi connectivity index (χ2n) is 4.39. The number of nitrogens with zero attached hydrogens (tertiary/aromatic N) is 2. The molecule has 1 rings (SSSR count). The van der Waals surface area contributed by atoms with Crippen molar-refractivity contribution in [1.29, 1.82) is 0 Å². The van der Waals surface area contributed by atoms with Gasteiger partial charge in [0.05, 0.1) is 0 Å². The zero-order valence-corrected chi connectivity index (χ0v) is 9.78. The Kier molecular flexibility index (Phi) is 5.05. The molecule has 1 aliphatic heterocycles. The molecule has 0 aromatic heterocycles. The second-order valence-corrected chi connectivity index (χ2v) is 4.39. The Bertz CT molecular complexity index is 209. The molecule has 1 aliphatic rings. The number of likely N-dealkylation sites (N-methyl/N-ethyl adjacent to an activating group) is 2. The van der Waals surface area contributed by atoms with E-state index in [1.165, 1.54) is 6.42 Å². The number of carbonyl (C=O) groups is 1. The summed E-state index contributed by atoms with van der Waals surface area (Å²) in [5.41, 5.74) is 0. The Morgan fingerprint density at radius 3 is 2.93 bits per heavy atom. The number of carbonyl (C=O) groups excluding carboxylic acids is 1. The van der Waals surface area contributed by atoms with Gasteiger partial charge in [-0.15, -0.1) is 0 Å². The number of hydrogen-bond donors (Lipinski definition) is 1. The molecule has 0 radical (unpaired) electrons. The molecule has 0 aromatic rings. The maximum absolute atomic E-state index is 11.7. The minimum Gasteiger partial charge on any atom is -0.396 e. The van der Waals surface area contributed by atoms with Crippen LogP contribution >= 0.6 is 0 Å². The Morgan fingerprint density at radius 2 is 2.33 bits per heavy atom. The lowest BCUT2D eigenvalue weighted by molar-refractivity contribution is -0.133. The summed E-state index contributed by atoms with van der Waals surface area (Å²) in [7, 11) is 3.97.